The molecule has 1 aliphatic heterocycles. The first kappa shape index (κ1) is 16.8. The predicted octanol–water partition coefficient (Wildman–Crippen LogP) is 2.79. The monoisotopic (exact) mass is 326 g/mol. The molecule has 1 aromatic rings. The summed E-state index contributed by atoms with van der Waals surface area (Å²) in [4.78, 5) is 22.2. The van der Waals surface area contributed by atoms with Gasteiger partial charge in [-0.1, -0.05) is 0 Å². The zero-order chi connectivity index (χ0) is 16.3. The Kier molecular flexibility index (Phi) is 5.11. The lowest BCUT2D eigenvalue weighted by Crippen LogP contribution is -2.36. The van der Waals surface area contributed by atoms with Crippen LogP contribution in [0.15, 0.2) is 6.07 Å². The standard InChI is InChI=1S/C15H23ClN4O2/c1-10-7-12(19-13(16)18-10)20-6-5-11(9-20)8-17-14(21)22-15(2,3)4/h7,11H,5-6,8-9H2,1-4H3,(H,17,21)/t11-/m0/s1. The highest BCUT2D eigenvalue weighted by molar-refractivity contribution is 6.28. The minimum Gasteiger partial charge on any atom is -0.444 e. The Hall–Kier alpha value is -1.56. The fraction of sp³-hybridized carbons (Fsp3) is 0.667. The number of halogens is 1. The van der Waals surface area contributed by atoms with Gasteiger partial charge in [-0.05, 0) is 51.6 Å². The maximum absolute atomic E-state index is 11.7. The first-order chi connectivity index (χ1) is 10.2. The quantitative estimate of drug-likeness (QED) is 0.865. The van der Waals surface area contributed by atoms with Gasteiger partial charge >= 0.3 is 6.09 Å². The molecule has 1 aromatic heterocycles. The zero-order valence-electron chi connectivity index (χ0n) is 13.5. The van der Waals surface area contributed by atoms with Crippen molar-refractivity contribution in [3.05, 3.63) is 17.0 Å². The van der Waals surface area contributed by atoms with Crippen LogP contribution >= 0.6 is 11.6 Å². The van der Waals surface area contributed by atoms with Crippen LogP contribution in [-0.2, 0) is 4.74 Å². The fourth-order valence-corrected chi connectivity index (χ4v) is 2.65. The molecule has 0 radical (unpaired) electrons. The molecule has 122 valence electrons. The SMILES string of the molecule is Cc1cc(N2CC[C@@H](CNC(=O)OC(C)(C)C)C2)nc(Cl)n1. The van der Waals surface area contributed by atoms with Crippen LogP contribution in [0, 0.1) is 12.8 Å². The minimum atomic E-state index is -0.471. The highest BCUT2D eigenvalue weighted by Crippen LogP contribution is 2.23. The van der Waals surface area contributed by atoms with E-state index in [1.807, 2.05) is 33.8 Å². The second kappa shape index (κ2) is 6.69. The Labute approximate surface area is 136 Å². The van der Waals surface area contributed by atoms with Gasteiger partial charge in [0, 0.05) is 31.4 Å². The molecule has 2 rings (SSSR count). The summed E-state index contributed by atoms with van der Waals surface area (Å²) in [7, 11) is 0. The third-order valence-electron chi connectivity index (χ3n) is 3.36. The van der Waals surface area contributed by atoms with Crippen LogP contribution in [0.3, 0.4) is 0 Å². The van der Waals surface area contributed by atoms with Crippen LogP contribution in [-0.4, -0.2) is 41.3 Å². The number of ether oxygens (including phenoxy) is 1. The summed E-state index contributed by atoms with van der Waals surface area (Å²) in [5.74, 6) is 1.22. The lowest BCUT2D eigenvalue weighted by molar-refractivity contribution is 0.0520. The number of carbonyl (C=O) groups is 1. The molecular formula is C15H23ClN4O2. The van der Waals surface area contributed by atoms with E-state index in [0.29, 0.717) is 12.5 Å². The highest BCUT2D eigenvalue weighted by Gasteiger charge is 2.25. The number of nitrogens with zero attached hydrogens (tertiary/aromatic N) is 3. The Morgan fingerprint density at radius 3 is 2.86 bits per heavy atom. The zero-order valence-corrected chi connectivity index (χ0v) is 14.3. The summed E-state index contributed by atoms with van der Waals surface area (Å²) in [5.41, 5.74) is 0.381. The van der Waals surface area contributed by atoms with Crippen LogP contribution in [0.5, 0.6) is 0 Å². The first-order valence-electron chi connectivity index (χ1n) is 7.46. The number of alkyl carbamates (subject to hydrolysis) is 1. The molecule has 22 heavy (non-hydrogen) atoms. The van der Waals surface area contributed by atoms with E-state index in [0.717, 1.165) is 31.0 Å². The number of rotatable bonds is 3. The molecular weight excluding hydrogens is 304 g/mol. The van der Waals surface area contributed by atoms with Crippen molar-refractivity contribution >= 4 is 23.5 Å². The van der Waals surface area contributed by atoms with Crippen molar-refractivity contribution in [2.75, 3.05) is 24.5 Å². The van der Waals surface area contributed by atoms with Crippen molar-refractivity contribution in [2.45, 2.75) is 39.7 Å². The van der Waals surface area contributed by atoms with Crippen LogP contribution < -0.4 is 10.2 Å². The third kappa shape index (κ3) is 5.02. The topological polar surface area (TPSA) is 67.4 Å². The highest BCUT2D eigenvalue weighted by atomic mass is 35.5. The number of hydrogen-bond donors (Lipinski definition) is 1. The molecule has 0 unspecified atom stereocenters. The smallest absolute Gasteiger partial charge is 0.407 e. The van der Waals surface area contributed by atoms with E-state index in [1.54, 1.807) is 0 Å². The third-order valence-corrected chi connectivity index (χ3v) is 3.53. The Bertz CT molecular complexity index is 525. The lowest BCUT2D eigenvalue weighted by atomic mass is 10.1. The van der Waals surface area contributed by atoms with E-state index >= 15 is 0 Å². The number of nitrogens with one attached hydrogen (secondary N) is 1. The predicted molar refractivity (Wildman–Crippen MR) is 86.3 cm³/mol. The van der Waals surface area contributed by atoms with E-state index < -0.39 is 5.60 Å². The second-order valence-corrected chi connectivity index (χ2v) is 6.96. The number of hydrogen-bond acceptors (Lipinski definition) is 5. The molecule has 1 fully saturated rings. The van der Waals surface area contributed by atoms with E-state index in [1.165, 1.54) is 0 Å². The molecule has 7 heteroatoms. The van der Waals surface area contributed by atoms with Crippen molar-refractivity contribution in [1.82, 2.24) is 15.3 Å². The summed E-state index contributed by atoms with van der Waals surface area (Å²) >= 11 is 5.91. The summed E-state index contributed by atoms with van der Waals surface area (Å²) in [6.45, 7) is 9.79. The van der Waals surface area contributed by atoms with Crippen molar-refractivity contribution in [3.8, 4) is 0 Å². The van der Waals surface area contributed by atoms with Crippen molar-refractivity contribution < 1.29 is 9.53 Å². The van der Waals surface area contributed by atoms with E-state index in [4.69, 9.17) is 16.3 Å². The molecule has 0 bridgehead atoms. The number of aromatic nitrogens is 2. The minimum absolute atomic E-state index is 0.269. The van der Waals surface area contributed by atoms with E-state index in [2.05, 4.69) is 20.2 Å². The van der Waals surface area contributed by atoms with Crippen LogP contribution in [0.2, 0.25) is 5.28 Å². The van der Waals surface area contributed by atoms with E-state index in [9.17, 15) is 4.79 Å². The van der Waals surface area contributed by atoms with Crippen molar-refractivity contribution in [2.24, 2.45) is 5.92 Å². The molecule has 1 N–H and O–H groups in total. The van der Waals surface area contributed by atoms with Gasteiger partial charge in [-0.15, -0.1) is 0 Å². The average molecular weight is 327 g/mol. The van der Waals surface area contributed by atoms with Crippen LogP contribution in [0.4, 0.5) is 10.6 Å². The molecule has 0 aromatic carbocycles. The normalized spacial score (nSPS) is 18.4. The summed E-state index contributed by atoms with van der Waals surface area (Å²) in [6, 6.07) is 1.93. The van der Waals surface area contributed by atoms with Gasteiger partial charge in [0.05, 0.1) is 0 Å². The van der Waals surface area contributed by atoms with Gasteiger partial charge in [-0.25, -0.2) is 14.8 Å². The van der Waals surface area contributed by atoms with Gasteiger partial charge in [0.2, 0.25) is 5.28 Å². The molecule has 1 atom stereocenters. The number of amides is 1. The molecule has 2 heterocycles. The second-order valence-electron chi connectivity index (χ2n) is 6.62. The Morgan fingerprint density at radius 1 is 1.50 bits per heavy atom. The number of aryl methyl sites for hydroxylation is 1. The molecule has 1 amide bonds. The van der Waals surface area contributed by atoms with Gasteiger partial charge in [0.15, 0.2) is 0 Å². The van der Waals surface area contributed by atoms with Gasteiger partial charge in [0.1, 0.15) is 11.4 Å². The number of anilines is 1. The molecule has 0 aliphatic carbocycles. The molecule has 1 saturated heterocycles. The van der Waals surface area contributed by atoms with Gasteiger partial charge in [0.25, 0.3) is 0 Å². The summed E-state index contributed by atoms with van der Waals surface area (Å²) < 4.78 is 5.24. The van der Waals surface area contributed by atoms with Crippen molar-refractivity contribution in [3.63, 3.8) is 0 Å². The number of carbonyl (C=O) groups excluding carboxylic acids is 1. The van der Waals surface area contributed by atoms with Crippen molar-refractivity contribution in [1.29, 1.82) is 0 Å². The maximum atomic E-state index is 11.7. The lowest BCUT2D eigenvalue weighted by Gasteiger charge is -2.21. The van der Waals surface area contributed by atoms with E-state index in [-0.39, 0.29) is 11.4 Å². The van der Waals surface area contributed by atoms with Gasteiger partial charge < -0.3 is 15.0 Å². The molecule has 0 saturated carbocycles. The Balaban J connectivity index is 1.84. The van der Waals surface area contributed by atoms with Crippen LogP contribution in [0.1, 0.15) is 32.9 Å². The Morgan fingerprint density at radius 2 is 2.23 bits per heavy atom. The largest absolute Gasteiger partial charge is 0.444 e. The van der Waals surface area contributed by atoms with Gasteiger partial charge in [-0.3, -0.25) is 0 Å². The summed E-state index contributed by atoms with van der Waals surface area (Å²) in [6.07, 6.45) is 0.628. The first-order valence-corrected chi connectivity index (χ1v) is 7.84. The fourth-order valence-electron chi connectivity index (χ4n) is 2.43. The van der Waals surface area contributed by atoms with Crippen LogP contribution in [0.25, 0.3) is 0 Å². The summed E-state index contributed by atoms with van der Waals surface area (Å²) in [5, 5.41) is 3.10. The molecule has 6 nitrogen and oxygen atoms in total. The average Bonchev–Trinajstić information content (AvgIpc) is 2.82. The molecule has 0 spiro atoms. The van der Waals surface area contributed by atoms with Gasteiger partial charge in [-0.2, -0.15) is 0 Å². The molecule has 1 aliphatic rings. The maximum Gasteiger partial charge on any atom is 0.407 e.